The molecule has 0 amide bonds. The molecule has 1 heterocycles. The van der Waals surface area contributed by atoms with Crippen LogP contribution in [0.2, 0.25) is 0 Å². The van der Waals surface area contributed by atoms with Crippen molar-refractivity contribution in [2.75, 3.05) is 23.3 Å². The number of aromatic nitrogens is 2. The maximum Gasteiger partial charge on any atom is 0.227 e. The van der Waals surface area contributed by atoms with E-state index in [1.807, 2.05) is 0 Å². The second-order valence-corrected chi connectivity index (χ2v) is 6.51. The molecule has 22 heavy (non-hydrogen) atoms. The number of nitrogens with zero attached hydrogens (tertiary/aromatic N) is 3. The minimum Gasteiger partial charge on any atom is -0.367 e. The highest BCUT2D eigenvalue weighted by Crippen LogP contribution is 2.22. The zero-order valence-electron chi connectivity index (χ0n) is 14.6. The number of hydrogen-bond donors (Lipinski definition) is 1. The zero-order valence-corrected chi connectivity index (χ0v) is 14.6. The van der Waals surface area contributed by atoms with Crippen LogP contribution >= 0.6 is 0 Å². The first-order valence-electron chi connectivity index (χ1n) is 9.10. The van der Waals surface area contributed by atoms with E-state index in [0.717, 1.165) is 43.4 Å². The van der Waals surface area contributed by atoms with Crippen LogP contribution in [0, 0.1) is 6.92 Å². The number of hydrogen-bond acceptors (Lipinski definition) is 4. The lowest BCUT2D eigenvalue weighted by atomic mass is 10.1. The molecule has 1 aliphatic carbocycles. The minimum absolute atomic E-state index is 0.579. The van der Waals surface area contributed by atoms with Crippen molar-refractivity contribution in [3.05, 3.63) is 11.8 Å². The van der Waals surface area contributed by atoms with Crippen LogP contribution in [-0.2, 0) is 0 Å². The van der Waals surface area contributed by atoms with E-state index < -0.39 is 0 Å². The monoisotopic (exact) mass is 304 g/mol. The highest BCUT2D eigenvalue weighted by molar-refractivity contribution is 5.44. The van der Waals surface area contributed by atoms with Gasteiger partial charge in [0.1, 0.15) is 5.82 Å². The van der Waals surface area contributed by atoms with Crippen LogP contribution in [0.5, 0.6) is 0 Å². The van der Waals surface area contributed by atoms with Gasteiger partial charge in [0, 0.05) is 30.9 Å². The first-order valence-corrected chi connectivity index (χ1v) is 9.10. The molecule has 0 aliphatic heterocycles. The molecular formula is C18H32N4. The summed E-state index contributed by atoms with van der Waals surface area (Å²) in [6.07, 6.45) is 10.2. The van der Waals surface area contributed by atoms with Crippen molar-refractivity contribution >= 4 is 11.8 Å². The van der Waals surface area contributed by atoms with Gasteiger partial charge in [0.15, 0.2) is 0 Å². The second-order valence-electron chi connectivity index (χ2n) is 6.51. The molecule has 0 radical (unpaired) electrons. The van der Waals surface area contributed by atoms with Crippen LogP contribution in [0.3, 0.4) is 0 Å². The minimum atomic E-state index is 0.579. The smallest absolute Gasteiger partial charge is 0.227 e. The molecule has 2 rings (SSSR count). The fourth-order valence-electron chi connectivity index (χ4n) is 3.25. The number of aryl methyl sites for hydroxylation is 1. The Labute approximate surface area is 135 Å². The molecule has 1 N–H and O–H groups in total. The van der Waals surface area contributed by atoms with Gasteiger partial charge in [-0.15, -0.1) is 0 Å². The van der Waals surface area contributed by atoms with Crippen molar-refractivity contribution < 1.29 is 0 Å². The Hall–Kier alpha value is -1.32. The van der Waals surface area contributed by atoms with E-state index in [4.69, 9.17) is 4.98 Å². The predicted octanol–water partition coefficient (Wildman–Crippen LogP) is 4.55. The lowest BCUT2D eigenvalue weighted by molar-refractivity contribution is 0.616. The average molecular weight is 304 g/mol. The van der Waals surface area contributed by atoms with Crippen molar-refractivity contribution in [2.24, 2.45) is 0 Å². The van der Waals surface area contributed by atoms with Gasteiger partial charge < -0.3 is 10.2 Å². The summed E-state index contributed by atoms with van der Waals surface area (Å²) < 4.78 is 0. The lowest BCUT2D eigenvalue weighted by Gasteiger charge is -2.23. The van der Waals surface area contributed by atoms with Crippen LogP contribution in [0.15, 0.2) is 6.07 Å². The van der Waals surface area contributed by atoms with E-state index in [2.05, 4.69) is 42.0 Å². The summed E-state index contributed by atoms with van der Waals surface area (Å²) in [6.45, 7) is 8.55. The van der Waals surface area contributed by atoms with E-state index in [0.29, 0.717) is 6.04 Å². The molecule has 0 aromatic carbocycles. The summed E-state index contributed by atoms with van der Waals surface area (Å²) >= 11 is 0. The first-order chi connectivity index (χ1) is 10.7. The summed E-state index contributed by atoms with van der Waals surface area (Å²) in [5.74, 6) is 1.89. The van der Waals surface area contributed by atoms with E-state index in [1.165, 1.54) is 38.5 Å². The molecule has 1 saturated carbocycles. The van der Waals surface area contributed by atoms with E-state index in [9.17, 15) is 0 Å². The number of anilines is 2. The van der Waals surface area contributed by atoms with Crippen LogP contribution in [0.4, 0.5) is 11.8 Å². The van der Waals surface area contributed by atoms with Crippen molar-refractivity contribution in [1.29, 1.82) is 0 Å². The molecule has 1 aromatic heterocycles. The second kappa shape index (κ2) is 8.96. The van der Waals surface area contributed by atoms with Crippen LogP contribution in [0.1, 0.15) is 70.9 Å². The molecular weight excluding hydrogens is 272 g/mol. The Kier molecular flexibility index (Phi) is 6.94. The van der Waals surface area contributed by atoms with Gasteiger partial charge in [-0.05, 0) is 32.6 Å². The summed E-state index contributed by atoms with van der Waals surface area (Å²) in [4.78, 5) is 11.8. The maximum atomic E-state index is 4.80. The summed E-state index contributed by atoms with van der Waals surface area (Å²) in [7, 11) is 0. The van der Waals surface area contributed by atoms with Crippen molar-refractivity contribution in [1.82, 2.24) is 9.97 Å². The Morgan fingerprint density at radius 3 is 2.27 bits per heavy atom. The van der Waals surface area contributed by atoms with Crippen LogP contribution in [-0.4, -0.2) is 29.1 Å². The summed E-state index contributed by atoms with van der Waals surface area (Å²) in [6, 6.07) is 2.67. The van der Waals surface area contributed by atoms with Gasteiger partial charge >= 0.3 is 0 Å². The predicted molar refractivity (Wildman–Crippen MR) is 94.7 cm³/mol. The molecule has 1 aromatic rings. The fourth-order valence-corrected chi connectivity index (χ4v) is 3.25. The Balaban J connectivity index is 2.10. The van der Waals surface area contributed by atoms with Crippen molar-refractivity contribution in [2.45, 2.75) is 78.2 Å². The molecule has 0 atom stereocenters. The van der Waals surface area contributed by atoms with Gasteiger partial charge in [0.25, 0.3) is 0 Å². The number of nitrogens with one attached hydrogen (secondary N) is 1. The summed E-state index contributed by atoms with van der Waals surface area (Å²) in [5, 5.41) is 3.66. The normalized spacial score (nSPS) is 16.3. The van der Waals surface area contributed by atoms with Gasteiger partial charge in [0.2, 0.25) is 5.95 Å². The summed E-state index contributed by atoms with van der Waals surface area (Å²) in [5.41, 5.74) is 1.05. The lowest BCUT2D eigenvalue weighted by Crippen LogP contribution is -2.28. The largest absolute Gasteiger partial charge is 0.367 e. The molecule has 0 spiro atoms. The third kappa shape index (κ3) is 5.15. The van der Waals surface area contributed by atoms with Gasteiger partial charge in [-0.2, -0.15) is 4.98 Å². The molecule has 4 heteroatoms. The molecule has 4 nitrogen and oxygen atoms in total. The molecule has 0 saturated heterocycles. The Bertz CT molecular complexity index is 433. The van der Waals surface area contributed by atoms with E-state index >= 15 is 0 Å². The zero-order chi connectivity index (χ0) is 15.8. The molecule has 0 unspecified atom stereocenters. The van der Waals surface area contributed by atoms with E-state index in [1.54, 1.807) is 0 Å². The Morgan fingerprint density at radius 1 is 1.05 bits per heavy atom. The van der Waals surface area contributed by atoms with E-state index in [-0.39, 0.29) is 0 Å². The third-order valence-electron chi connectivity index (χ3n) is 4.32. The quantitative estimate of drug-likeness (QED) is 0.751. The average Bonchev–Trinajstić information content (AvgIpc) is 2.75. The topological polar surface area (TPSA) is 41.1 Å². The highest BCUT2D eigenvalue weighted by atomic mass is 15.3. The van der Waals surface area contributed by atoms with Crippen molar-refractivity contribution in [3.8, 4) is 0 Å². The third-order valence-corrected chi connectivity index (χ3v) is 4.32. The molecule has 1 fully saturated rings. The number of rotatable bonds is 7. The van der Waals surface area contributed by atoms with Crippen LogP contribution in [0.25, 0.3) is 0 Å². The molecule has 0 bridgehead atoms. The SMILES string of the molecule is CCCN(CCC)c1nc(C)cc(NC2CCCCCC2)n1. The Morgan fingerprint density at radius 2 is 1.68 bits per heavy atom. The highest BCUT2D eigenvalue weighted by Gasteiger charge is 2.15. The fraction of sp³-hybridized carbons (Fsp3) is 0.778. The van der Waals surface area contributed by atoms with Crippen molar-refractivity contribution in [3.63, 3.8) is 0 Å². The maximum absolute atomic E-state index is 4.80. The standard InChI is InChI=1S/C18H32N4/c1-4-12-22(13-5-2)18-19-15(3)14-17(21-18)20-16-10-8-6-7-9-11-16/h14,16H,4-13H2,1-3H3,(H,19,20,21). The van der Waals surface area contributed by atoms with Gasteiger partial charge in [0.05, 0.1) is 0 Å². The first kappa shape index (κ1) is 17.0. The molecule has 1 aliphatic rings. The van der Waals surface area contributed by atoms with Gasteiger partial charge in [-0.1, -0.05) is 39.5 Å². The van der Waals surface area contributed by atoms with Crippen LogP contribution < -0.4 is 10.2 Å². The van der Waals surface area contributed by atoms with Gasteiger partial charge in [-0.25, -0.2) is 4.98 Å². The van der Waals surface area contributed by atoms with Gasteiger partial charge in [-0.3, -0.25) is 0 Å². The molecule has 124 valence electrons.